The van der Waals surface area contributed by atoms with E-state index in [-0.39, 0.29) is 18.2 Å². The Labute approximate surface area is 115 Å². The zero-order valence-electron chi connectivity index (χ0n) is 10.2. The number of carbonyl (C=O) groups is 1. The molecule has 0 aliphatic heterocycles. The molecule has 1 aromatic rings. The summed E-state index contributed by atoms with van der Waals surface area (Å²) in [5.74, 6) is -0.326. The van der Waals surface area contributed by atoms with Gasteiger partial charge in [-0.15, -0.1) is 0 Å². The molecule has 7 heteroatoms. The van der Waals surface area contributed by atoms with E-state index < -0.39 is 9.84 Å². The Kier molecular flexibility index (Phi) is 4.75. The van der Waals surface area contributed by atoms with Gasteiger partial charge in [0.25, 0.3) is 5.91 Å². The largest absolute Gasteiger partial charge is 0.398 e. The average Bonchev–Trinajstić information content (AvgIpc) is 2.28. The van der Waals surface area contributed by atoms with Crippen molar-refractivity contribution in [1.29, 1.82) is 0 Å². The third-order valence-corrected chi connectivity index (χ3v) is 4.21. The molecule has 0 saturated heterocycles. The lowest BCUT2D eigenvalue weighted by Crippen LogP contribution is -2.31. The summed E-state index contributed by atoms with van der Waals surface area (Å²) < 4.78 is 22.6. The number of hydrogen-bond donors (Lipinski definition) is 1. The van der Waals surface area contributed by atoms with Crippen LogP contribution in [0.2, 0.25) is 0 Å². The molecule has 0 fully saturated rings. The van der Waals surface area contributed by atoms with Crippen molar-refractivity contribution in [2.45, 2.75) is 0 Å². The van der Waals surface area contributed by atoms with Crippen LogP contribution in [-0.4, -0.2) is 44.8 Å². The highest BCUT2D eigenvalue weighted by atomic mass is 79.9. The van der Waals surface area contributed by atoms with Gasteiger partial charge in [-0.1, -0.05) is 6.07 Å². The molecular formula is C11H15BrN2O3S. The lowest BCUT2D eigenvalue weighted by atomic mass is 10.2. The van der Waals surface area contributed by atoms with Gasteiger partial charge in [0.1, 0.15) is 9.84 Å². The second-order valence-electron chi connectivity index (χ2n) is 4.07. The maximum Gasteiger partial charge on any atom is 0.254 e. The molecule has 0 aliphatic rings. The lowest BCUT2D eigenvalue weighted by Gasteiger charge is -2.17. The Morgan fingerprint density at radius 3 is 2.61 bits per heavy atom. The normalized spacial score (nSPS) is 11.3. The first kappa shape index (κ1) is 15.0. The van der Waals surface area contributed by atoms with Crippen LogP contribution in [0.1, 0.15) is 10.4 Å². The number of carbonyl (C=O) groups excluding carboxylic acids is 1. The molecule has 1 aromatic carbocycles. The molecule has 1 rings (SSSR count). The highest BCUT2D eigenvalue weighted by Crippen LogP contribution is 2.24. The van der Waals surface area contributed by atoms with Gasteiger partial charge in [0, 0.05) is 25.5 Å². The van der Waals surface area contributed by atoms with Crippen molar-refractivity contribution >= 4 is 37.4 Å². The van der Waals surface area contributed by atoms with Gasteiger partial charge in [-0.05, 0) is 28.1 Å². The van der Waals surface area contributed by atoms with Crippen molar-refractivity contribution < 1.29 is 13.2 Å². The Morgan fingerprint density at radius 1 is 1.44 bits per heavy atom. The van der Waals surface area contributed by atoms with Crippen molar-refractivity contribution in [3.05, 3.63) is 28.2 Å². The highest BCUT2D eigenvalue weighted by Gasteiger charge is 2.17. The van der Waals surface area contributed by atoms with Crippen LogP contribution in [0.25, 0.3) is 0 Å². The molecule has 0 aromatic heterocycles. The van der Waals surface area contributed by atoms with Crippen molar-refractivity contribution in [2.75, 3.05) is 31.3 Å². The number of nitrogen functional groups attached to an aromatic ring is 1. The first-order valence-corrected chi connectivity index (χ1v) is 8.05. The van der Waals surface area contributed by atoms with Crippen molar-refractivity contribution in [1.82, 2.24) is 4.90 Å². The van der Waals surface area contributed by atoms with Crippen LogP contribution in [0.15, 0.2) is 22.7 Å². The van der Waals surface area contributed by atoms with Crippen LogP contribution in [0.4, 0.5) is 5.69 Å². The summed E-state index contributed by atoms with van der Waals surface area (Å²) in [7, 11) is -1.52. The molecule has 0 aliphatic carbocycles. The maximum absolute atomic E-state index is 12.1. The van der Waals surface area contributed by atoms with Crippen LogP contribution in [0, 0.1) is 0 Å². The monoisotopic (exact) mass is 334 g/mol. The second-order valence-corrected chi connectivity index (χ2v) is 7.12. The number of nitrogens with zero attached hydrogens (tertiary/aromatic N) is 1. The first-order valence-electron chi connectivity index (χ1n) is 5.19. The fourth-order valence-corrected chi connectivity index (χ4v) is 2.36. The summed E-state index contributed by atoms with van der Waals surface area (Å²) in [4.78, 5) is 13.4. The number of anilines is 1. The van der Waals surface area contributed by atoms with Crippen LogP contribution in [0.5, 0.6) is 0 Å². The number of nitrogens with two attached hydrogens (primary N) is 1. The molecule has 18 heavy (non-hydrogen) atoms. The summed E-state index contributed by atoms with van der Waals surface area (Å²) in [6.07, 6.45) is 1.14. The Bertz CT molecular complexity index is 557. The Morgan fingerprint density at radius 2 is 2.06 bits per heavy atom. The molecule has 1 amide bonds. The van der Waals surface area contributed by atoms with Crippen molar-refractivity contribution in [3.8, 4) is 0 Å². The Hall–Kier alpha value is -1.08. The molecular weight excluding hydrogens is 320 g/mol. The molecule has 100 valence electrons. The molecule has 0 radical (unpaired) electrons. The molecule has 0 spiro atoms. The average molecular weight is 335 g/mol. The van der Waals surface area contributed by atoms with Crippen LogP contribution < -0.4 is 5.73 Å². The molecule has 0 bridgehead atoms. The predicted octanol–water partition coefficient (Wildman–Crippen LogP) is 1.15. The summed E-state index contributed by atoms with van der Waals surface area (Å²) in [6, 6.07) is 4.99. The summed E-state index contributed by atoms with van der Waals surface area (Å²) in [5, 5.41) is 0. The standard InChI is InChI=1S/C11H15BrN2O3S/c1-14(6-7-18(2,16)17)11(15)8-4-3-5-9(13)10(8)12/h3-5H,6-7,13H2,1-2H3. The van der Waals surface area contributed by atoms with Gasteiger partial charge in [-0.25, -0.2) is 8.42 Å². The van der Waals surface area contributed by atoms with Crippen LogP contribution in [-0.2, 0) is 9.84 Å². The molecule has 0 saturated carbocycles. The molecule has 2 N–H and O–H groups in total. The zero-order chi connectivity index (χ0) is 13.9. The fourth-order valence-electron chi connectivity index (χ4n) is 1.32. The number of rotatable bonds is 4. The minimum absolute atomic E-state index is 0.0603. The van der Waals surface area contributed by atoms with E-state index in [4.69, 9.17) is 5.73 Å². The zero-order valence-corrected chi connectivity index (χ0v) is 12.6. The van der Waals surface area contributed by atoms with Gasteiger partial charge in [0.15, 0.2) is 0 Å². The number of halogens is 1. The van der Waals surface area contributed by atoms with Gasteiger partial charge < -0.3 is 10.6 Å². The van der Waals surface area contributed by atoms with E-state index in [0.717, 1.165) is 6.26 Å². The van der Waals surface area contributed by atoms with E-state index in [0.29, 0.717) is 15.7 Å². The summed E-state index contributed by atoms with van der Waals surface area (Å²) in [6.45, 7) is 0.152. The Balaban J connectivity index is 2.84. The smallest absolute Gasteiger partial charge is 0.254 e. The van der Waals surface area contributed by atoms with E-state index in [1.807, 2.05) is 0 Å². The van der Waals surface area contributed by atoms with Gasteiger partial charge >= 0.3 is 0 Å². The number of sulfone groups is 1. The van der Waals surface area contributed by atoms with E-state index in [1.165, 1.54) is 4.90 Å². The number of amides is 1. The second kappa shape index (κ2) is 5.71. The first-order chi connectivity index (χ1) is 8.22. The molecule has 0 unspecified atom stereocenters. The summed E-state index contributed by atoms with van der Waals surface area (Å²) in [5.41, 5.74) is 6.58. The topological polar surface area (TPSA) is 80.5 Å². The molecule has 5 nitrogen and oxygen atoms in total. The molecule has 0 atom stereocenters. The van der Waals surface area contributed by atoms with E-state index in [9.17, 15) is 13.2 Å². The quantitative estimate of drug-likeness (QED) is 0.837. The van der Waals surface area contributed by atoms with Crippen LogP contribution in [0.3, 0.4) is 0 Å². The van der Waals surface area contributed by atoms with Gasteiger partial charge in [-0.3, -0.25) is 4.79 Å². The highest BCUT2D eigenvalue weighted by molar-refractivity contribution is 9.10. The third kappa shape index (κ3) is 3.99. The maximum atomic E-state index is 12.1. The van der Waals surface area contributed by atoms with Gasteiger partial charge in [-0.2, -0.15) is 0 Å². The van der Waals surface area contributed by atoms with E-state index >= 15 is 0 Å². The lowest BCUT2D eigenvalue weighted by molar-refractivity contribution is 0.0802. The minimum atomic E-state index is -3.08. The molecule has 0 heterocycles. The third-order valence-electron chi connectivity index (χ3n) is 2.40. The van der Waals surface area contributed by atoms with Crippen molar-refractivity contribution in [2.24, 2.45) is 0 Å². The minimum Gasteiger partial charge on any atom is -0.398 e. The van der Waals surface area contributed by atoms with Crippen molar-refractivity contribution in [3.63, 3.8) is 0 Å². The number of benzene rings is 1. The van der Waals surface area contributed by atoms with Crippen LogP contribution >= 0.6 is 15.9 Å². The van der Waals surface area contributed by atoms with E-state index in [2.05, 4.69) is 15.9 Å². The SMILES string of the molecule is CN(CCS(C)(=O)=O)C(=O)c1cccc(N)c1Br. The summed E-state index contributed by atoms with van der Waals surface area (Å²) >= 11 is 3.25. The van der Waals surface area contributed by atoms with E-state index in [1.54, 1.807) is 25.2 Å². The van der Waals surface area contributed by atoms with Gasteiger partial charge in [0.05, 0.1) is 15.8 Å². The fraction of sp³-hybridized carbons (Fsp3) is 0.364. The predicted molar refractivity (Wildman–Crippen MR) is 75.2 cm³/mol. The number of hydrogen-bond acceptors (Lipinski definition) is 4. The van der Waals surface area contributed by atoms with Gasteiger partial charge in [0.2, 0.25) is 0 Å².